The van der Waals surface area contributed by atoms with Crippen molar-refractivity contribution in [3.63, 3.8) is 0 Å². The first-order valence-electron chi connectivity index (χ1n) is 6.25. The Morgan fingerprint density at radius 3 is 2.63 bits per heavy atom. The van der Waals surface area contributed by atoms with Crippen LogP contribution >= 0.6 is 0 Å². The molecule has 1 aromatic carbocycles. The molecule has 0 amide bonds. The second kappa shape index (κ2) is 4.62. The molecule has 2 atom stereocenters. The van der Waals surface area contributed by atoms with Crippen LogP contribution in [0.25, 0.3) is 0 Å². The number of fused-ring (bicyclic) bond motifs is 1. The van der Waals surface area contributed by atoms with Gasteiger partial charge in [-0.25, -0.2) is 4.39 Å². The van der Waals surface area contributed by atoms with Gasteiger partial charge in [-0.05, 0) is 37.3 Å². The van der Waals surface area contributed by atoms with Crippen LogP contribution in [0.2, 0.25) is 19.6 Å². The van der Waals surface area contributed by atoms with E-state index in [-0.39, 0.29) is 6.42 Å². The van der Waals surface area contributed by atoms with Gasteiger partial charge >= 0.3 is 0 Å². The molecule has 0 bridgehead atoms. The highest BCUT2D eigenvalue weighted by Crippen LogP contribution is 2.44. The fourth-order valence-electron chi connectivity index (χ4n) is 2.49. The predicted molar refractivity (Wildman–Crippen MR) is 73.3 cm³/mol. The molecule has 102 valence electrons. The van der Waals surface area contributed by atoms with E-state index in [0.717, 1.165) is 5.56 Å². The van der Waals surface area contributed by atoms with Crippen LogP contribution < -0.4 is 4.74 Å². The van der Waals surface area contributed by atoms with Crippen molar-refractivity contribution >= 4 is 8.32 Å². The van der Waals surface area contributed by atoms with Gasteiger partial charge in [0.25, 0.3) is 0 Å². The second-order valence-corrected chi connectivity index (χ2v) is 10.2. The van der Waals surface area contributed by atoms with Crippen LogP contribution in [-0.2, 0) is 16.4 Å². The number of nitriles is 1. The maximum atomic E-state index is 14.4. The molecule has 0 unspecified atom stereocenters. The van der Waals surface area contributed by atoms with Gasteiger partial charge in [0.05, 0.1) is 7.11 Å². The lowest BCUT2D eigenvalue weighted by Crippen LogP contribution is -2.43. The third kappa shape index (κ3) is 2.38. The molecule has 1 aliphatic carbocycles. The summed E-state index contributed by atoms with van der Waals surface area (Å²) >= 11 is 0. The zero-order valence-corrected chi connectivity index (χ0v) is 12.7. The van der Waals surface area contributed by atoms with Crippen molar-refractivity contribution in [2.75, 3.05) is 7.11 Å². The van der Waals surface area contributed by atoms with Crippen molar-refractivity contribution in [2.45, 2.75) is 37.8 Å². The molecular formula is C14H18FNO2Si. The van der Waals surface area contributed by atoms with E-state index in [1.54, 1.807) is 25.3 Å². The van der Waals surface area contributed by atoms with E-state index in [4.69, 9.17) is 9.16 Å². The molecule has 19 heavy (non-hydrogen) atoms. The number of methoxy groups -OCH3 is 1. The number of nitrogens with zero attached hydrogens (tertiary/aromatic N) is 1. The van der Waals surface area contributed by atoms with E-state index in [2.05, 4.69) is 6.07 Å². The lowest BCUT2D eigenvalue weighted by atomic mass is 9.97. The smallest absolute Gasteiger partial charge is 0.202 e. The average Bonchev–Trinajstić information content (AvgIpc) is 2.60. The molecule has 1 aromatic rings. The summed E-state index contributed by atoms with van der Waals surface area (Å²) in [4.78, 5) is 0. The molecule has 5 heteroatoms. The summed E-state index contributed by atoms with van der Waals surface area (Å²) in [6.45, 7) is 5.88. The topological polar surface area (TPSA) is 42.2 Å². The molecule has 0 N–H and O–H groups in total. The van der Waals surface area contributed by atoms with Gasteiger partial charge in [0.15, 0.2) is 8.32 Å². The Morgan fingerprint density at radius 1 is 1.42 bits per heavy atom. The molecule has 1 aliphatic rings. The van der Waals surface area contributed by atoms with Crippen LogP contribution in [-0.4, -0.2) is 21.6 Å². The Kier molecular flexibility index (Phi) is 3.41. The van der Waals surface area contributed by atoms with Gasteiger partial charge in [-0.3, -0.25) is 0 Å². The molecule has 0 saturated carbocycles. The SMILES string of the molecule is COc1ccc2c(c1)C[C@H](F)[C@]2(C#N)O[Si](C)(C)C. The third-order valence-electron chi connectivity index (χ3n) is 3.19. The summed E-state index contributed by atoms with van der Waals surface area (Å²) in [7, 11) is -0.472. The minimum absolute atomic E-state index is 0.199. The van der Waals surface area contributed by atoms with Gasteiger partial charge in [0.1, 0.15) is 18.0 Å². The van der Waals surface area contributed by atoms with E-state index in [9.17, 15) is 9.65 Å². The Bertz CT molecular complexity index is 535. The maximum Gasteiger partial charge on any atom is 0.202 e. The van der Waals surface area contributed by atoms with Crippen molar-refractivity contribution in [3.05, 3.63) is 29.3 Å². The average molecular weight is 279 g/mol. The Hall–Kier alpha value is -1.38. The van der Waals surface area contributed by atoms with E-state index in [1.165, 1.54) is 0 Å². The molecule has 2 rings (SSSR count). The number of ether oxygens (including phenoxy) is 1. The number of halogens is 1. The molecule has 0 saturated heterocycles. The summed E-state index contributed by atoms with van der Waals surface area (Å²) in [5.41, 5.74) is -0.0103. The zero-order valence-electron chi connectivity index (χ0n) is 11.7. The summed E-state index contributed by atoms with van der Waals surface area (Å²) in [6.07, 6.45) is -1.13. The van der Waals surface area contributed by atoms with Gasteiger partial charge in [-0.15, -0.1) is 0 Å². The molecule has 0 aliphatic heterocycles. The first-order valence-corrected chi connectivity index (χ1v) is 9.66. The number of benzene rings is 1. The van der Waals surface area contributed by atoms with Crippen molar-refractivity contribution in [1.82, 2.24) is 0 Å². The largest absolute Gasteiger partial charge is 0.497 e. The Labute approximate surface area is 114 Å². The summed E-state index contributed by atoms with van der Waals surface area (Å²) in [6, 6.07) is 7.35. The standard InChI is InChI=1S/C14H18FNO2Si/c1-17-11-5-6-12-10(7-11)8-13(15)14(12,9-16)18-19(2,3)4/h5-7,13H,8H2,1-4H3/t13-,14+/m0/s1. The predicted octanol–water partition coefficient (Wildman–Crippen LogP) is 3.16. The molecule has 0 spiro atoms. The lowest BCUT2D eigenvalue weighted by molar-refractivity contribution is 0.0413. The summed E-state index contributed by atoms with van der Waals surface area (Å²) < 4.78 is 25.5. The van der Waals surface area contributed by atoms with E-state index in [0.29, 0.717) is 11.3 Å². The van der Waals surface area contributed by atoms with Crippen LogP contribution in [0.5, 0.6) is 5.75 Å². The van der Waals surface area contributed by atoms with Crippen molar-refractivity contribution in [2.24, 2.45) is 0 Å². The summed E-state index contributed by atoms with van der Waals surface area (Å²) in [5, 5.41) is 9.50. The monoisotopic (exact) mass is 279 g/mol. The van der Waals surface area contributed by atoms with Crippen LogP contribution in [0.15, 0.2) is 18.2 Å². The zero-order chi connectivity index (χ0) is 14.3. The fourth-order valence-corrected chi connectivity index (χ4v) is 3.74. The van der Waals surface area contributed by atoms with Gasteiger partial charge < -0.3 is 9.16 Å². The van der Waals surface area contributed by atoms with Crippen molar-refractivity contribution in [3.8, 4) is 11.8 Å². The van der Waals surface area contributed by atoms with Crippen LogP contribution in [0.1, 0.15) is 11.1 Å². The third-order valence-corrected chi connectivity index (χ3v) is 4.12. The Morgan fingerprint density at radius 2 is 2.11 bits per heavy atom. The summed E-state index contributed by atoms with van der Waals surface area (Å²) in [5.74, 6) is 0.674. The minimum Gasteiger partial charge on any atom is -0.497 e. The maximum absolute atomic E-state index is 14.4. The lowest BCUT2D eigenvalue weighted by Gasteiger charge is -2.32. The van der Waals surface area contributed by atoms with Gasteiger partial charge in [0.2, 0.25) is 5.60 Å². The van der Waals surface area contributed by atoms with Crippen LogP contribution in [0, 0.1) is 11.3 Å². The Balaban J connectivity index is 2.51. The van der Waals surface area contributed by atoms with Gasteiger partial charge in [-0.2, -0.15) is 5.26 Å². The molecule has 0 fully saturated rings. The number of hydrogen-bond donors (Lipinski definition) is 0. The molecule has 0 heterocycles. The highest BCUT2D eigenvalue weighted by Gasteiger charge is 2.51. The fraction of sp³-hybridized carbons (Fsp3) is 0.500. The molecule has 3 nitrogen and oxygen atoms in total. The van der Waals surface area contributed by atoms with Crippen LogP contribution in [0.3, 0.4) is 0 Å². The normalized spacial score (nSPS) is 25.8. The van der Waals surface area contributed by atoms with E-state index < -0.39 is 20.1 Å². The number of rotatable bonds is 3. The molecular weight excluding hydrogens is 261 g/mol. The number of alkyl halides is 1. The van der Waals surface area contributed by atoms with Crippen molar-refractivity contribution in [1.29, 1.82) is 5.26 Å². The van der Waals surface area contributed by atoms with Crippen molar-refractivity contribution < 1.29 is 13.6 Å². The molecule has 0 aromatic heterocycles. The van der Waals surface area contributed by atoms with Gasteiger partial charge in [0, 0.05) is 12.0 Å². The first kappa shape index (κ1) is 14.0. The van der Waals surface area contributed by atoms with E-state index >= 15 is 0 Å². The highest BCUT2D eigenvalue weighted by molar-refractivity contribution is 6.69. The van der Waals surface area contributed by atoms with Gasteiger partial charge in [-0.1, -0.05) is 6.07 Å². The minimum atomic E-state index is -2.04. The first-order chi connectivity index (χ1) is 8.82. The van der Waals surface area contributed by atoms with Crippen LogP contribution in [0.4, 0.5) is 4.39 Å². The second-order valence-electron chi connectivity index (χ2n) is 5.76. The number of hydrogen-bond acceptors (Lipinski definition) is 3. The quantitative estimate of drug-likeness (QED) is 0.798. The molecule has 0 radical (unpaired) electrons. The highest BCUT2D eigenvalue weighted by atomic mass is 28.4. The van der Waals surface area contributed by atoms with E-state index in [1.807, 2.05) is 19.6 Å².